The first-order valence-corrected chi connectivity index (χ1v) is 14.4. The summed E-state index contributed by atoms with van der Waals surface area (Å²) in [5.41, 5.74) is 9.52. The molecule has 0 saturated carbocycles. The number of fused-ring (bicyclic) bond motifs is 1. The summed E-state index contributed by atoms with van der Waals surface area (Å²) in [5, 5.41) is 2.65. The molecule has 0 nitrogen and oxygen atoms in total. The Balaban J connectivity index is 0.000000211. The minimum atomic E-state index is 0. The van der Waals surface area contributed by atoms with Crippen molar-refractivity contribution in [3.8, 4) is 11.1 Å². The third kappa shape index (κ3) is 8.65. The van der Waals surface area contributed by atoms with Crippen LogP contribution in [-0.4, -0.2) is 3.21 Å². The van der Waals surface area contributed by atoms with E-state index in [2.05, 4.69) is 161 Å². The first kappa shape index (κ1) is 33.5. The van der Waals surface area contributed by atoms with Gasteiger partial charge >= 0.3 is 99.2 Å². The quantitative estimate of drug-likeness (QED) is 0.264. The van der Waals surface area contributed by atoms with Crippen LogP contribution in [-0.2, 0) is 24.2 Å². The Hall–Kier alpha value is -2.70. The van der Waals surface area contributed by atoms with Gasteiger partial charge in [-0.15, -0.1) is 53.6 Å². The van der Waals surface area contributed by atoms with Crippen LogP contribution in [0.5, 0.6) is 0 Å². The maximum Gasteiger partial charge on any atom is -0.0623 e. The van der Waals surface area contributed by atoms with Crippen LogP contribution in [0.25, 0.3) is 21.9 Å². The smallest absolute Gasteiger partial charge is 0.0623 e. The van der Waals surface area contributed by atoms with Gasteiger partial charge in [-0.05, 0) is 0 Å². The molecule has 0 amide bonds. The van der Waals surface area contributed by atoms with Crippen molar-refractivity contribution in [3.63, 3.8) is 0 Å². The number of hydrogen-bond acceptors (Lipinski definition) is 0. The van der Waals surface area contributed by atoms with Crippen molar-refractivity contribution in [3.05, 3.63) is 161 Å². The zero-order valence-corrected chi connectivity index (χ0v) is 27.4. The van der Waals surface area contributed by atoms with Gasteiger partial charge in [0.1, 0.15) is 0 Å². The third-order valence-corrected chi connectivity index (χ3v) is 8.55. The molecule has 0 radical (unpaired) electrons. The molecule has 3 heteroatoms. The van der Waals surface area contributed by atoms with Crippen LogP contribution < -0.4 is 24.8 Å². The van der Waals surface area contributed by atoms with Crippen molar-refractivity contribution in [1.29, 1.82) is 0 Å². The Kier molecular flexibility index (Phi) is 13.9. The molecule has 0 spiro atoms. The Labute approximate surface area is 267 Å². The van der Waals surface area contributed by atoms with E-state index < -0.39 is 0 Å². The van der Waals surface area contributed by atoms with E-state index in [4.69, 9.17) is 0 Å². The molecular weight excluding hydrogens is 607 g/mol. The van der Waals surface area contributed by atoms with Crippen molar-refractivity contribution in [2.45, 2.75) is 27.7 Å². The average Bonchev–Trinajstić information content (AvgIpc) is 3.51. The molecule has 0 bridgehead atoms. The summed E-state index contributed by atoms with van der Waals surface area (Å²) in [6.45, 7) is 8.67. The van der Waals surface area contributed by atoms with Crippen molar-refractivity contribution in [2.75, 3.05) is 0 Å². The summed E-state index contributed by atoms with van der Waals surface area (Å²) in [5.74, 6) is 0.560. The van der Waals surface area contributed by atoms with Gasteiger partial charge in [0.2, 0.25) is 0 Å². The zero-order valence-electron chi connectivity index (χ0n) is 23.5. The Bertz CT molecular complexity index is 1500. The predicted molar refractivity (Wildman–Crippen MR) is 161 cm³/mol. The Morgan fingerprint density at radius 3 is 1.60 bits per heavy atom. The molecule has 0 saturated heterocycles. The molecule has 0 fully saturated rings. The van der Waals surface area contributed by atoms with Crippen LogP contribution in [0, 0.1) is 12.0 Å². The van der Waals surface area contributed by atoms with Gasteiger partial charge in [0.25, 0.3) is 0 Å². The van der Waals surface area contributed by atoms with Crippen LogP contribution in [0.2, 0.25) is 0 Å². The van der Waals surface area contributed by atoms with E-state index >= 15 is 0 Å². The second-order valence-electron chi connectivity index (χ2n) is 9.61. The van der Waals surface area contributed by atoms with Crippen LogP contribution >= 0.6 is 0 Å². The molecule has 5 aromatic rings. The van der Waals surface area contributed by atoms with Crippen molar-refractivity contribution in [1.82, 2.24) is 0 Å². The number of allylic oxidation sites excluding steroid dienone is 4. The summed E-state index contributed by atoms with van der Waals surface area (Å²) >= 11 is 1.46. The molecule has 1 atom stereocenters. The molecule has 5 aromatic carbocycles. The second kappa shape index (κ2) is 16.5. The summed E-state index contributed by atoms with van der Waals surface area (Å²) in [6.07, 6.45) is 3.36. The normalized spacial score (nSPS) is 13.6. The summed E-state index contributed by atoms with van der Waals surface area (Å²) < 4.78 is 1.42. The minimum Gasteiger partial charge on any atom is -0.150 e. The largest absolute Gasteiger partial charge is 0.150 e. The molecule has 0 N–H and O–H groups in total. The summed E-state index contributed by atoms with van der Waals surface area (Å²) in [6, 6.07) is 44.5. The fourth-order valence-electron chi connectivity index (χ4n) is 4.56. The molecule has 1 aliphatic carbocycles. The van der Waals surface area contributed by atoms with Crippen molar-refractivity contribution < 1.29 is 49.0 Å². The molecule has 40 heavy (non-hydrogen) atoms. The maximum absolute atomic E-state index is 3.36. The van der Waals surface area contributed by atoms with E-state index in [0.717, 1.165) is 0 Å². The number of rotatable bonds is 3. The topological polar surface area (TPSA) is 0 Å². The monoisotopic (exact) mass is 638 g/mol. The first-order chi connectivity index (χ1) is 18.5. The van der Waals surface area contributed by atoms with Gasteiger partial charge in [0.15, 0.2) is 0 Å². The van der Waals surface area contributed by atoms with Gasteiger partial charge in [-0.3, -0.25) is 6.08 Å². The fraction of sp³-hybridized carbons (Fsp3) is 0.135. The molecule has 202 valence electrons. The minimum absolute atomic E-state index is 0. The molecule has 0 aliphatic heterocycles. The van der Waals surface area contributed by atoms with Gasteiger partial charge in [0, 0.05) is 0 Å². The molecule has 1 aliphatic rings. The summed E-state index contributed by atoms with van der Waals surface area (Å²) in [4.78, 5) is 0. The Morgan fingerprint density at radius 1 is 0.675 bits per heavy atom. The molecule has 1 unspecified atom stereocenters. The molecule has 0 aromatic heterocycles. The van der Waals surface area contributed by atoms with Crippen LogP contribution in [0.1, 0.15) is 38.8 Å². The number of hydrogen-bond donors (Lipinski definition) is 0. The van der Waals surface area contributed by atoms with Crippen molar-refractivity contribution >= 4 is 14.0 Å². The van der Waals surface area contributed by atoms with Gasteiger partial charge in [-0.25, -0.2) is 5.57 Å². The number of halogens is 2. The average molecular weight is 641 g/mol. The Morgan fingerprint density at radius 2 is 1.15 bits per heavy atom. The zero-order chi connectivity index (χ0) is 26.9. The van der Waals surface area contributed by atoms with E-state index in [9.17, 15) is 0 Å². The van der Waals surface area contributed by atoms with Gasteiger partial charge in [-0.1, -0.05) is 68.7 Å². The van der Waals surface area contributed by atoms with Crippen LogP contribution in [0.4, 0.5) is 0 Å². The van der Waals surface area contributed by atoms with E-state index in [1.807, 2.05) is 0 Å². The number of benzene rings is 4. The fourth-order valence-corrected chi connectivity index (χ4v) is 5.38. The predicted octanol–water partition coefficient (Wildman–Crippen LogP) is 3.76. The van der Waals surface area contributed by atoms with E-state index in [1.165, 1.54) is 77.2 Å². The van der Waals surface area contributed by atoms with Gasteiger partial charge in [0.05, 0.1) is 0 Å². The van der Waals surface area contributed by atoms with E-state index in [0.29, 0.717) is 5.92 Å². The van der Waals surface area contributed by atoms with E-state index in [-0.39, 0.29) is 24.8 Å². The third-order valence-electron chi connectivity index (χ3n) is 7.13. The maximum atomic E-state index is 3.36. The second-order valence-corrected chi connectivity index (χ2v) is 10.8. The first-order valence-electron chi connectivity index (χ1n) is 13.1. The molecule has 0 heterocycles. The molecular formula is C37H34Cl2Zr-2. The standard InChI is InChI=1S/C15H11.C13H10.C9H13.2ClH.Zr/c1-2-6-12(7-3-1)15-11-10-13-8-4-5-9-14(13)15;1-3-7-12(8-4-1)11-13-9-5-2-6-10-13;1-6-5-7(2)9(4)8(6)3;;;/h1-11H;1-10H;6H,1-4H3;2*1H;/q-1;;-1;;;+2/p-2. The van der Waals surface area contributed by atoms with Gasteiger partial charge in [-0.2, -0.15) is 11.1 Å². The van der Waals surface area contributed by atoms with Crippen LogP contribution in [0.3, 0.4) is 0 Å². The summed E-state index contributed by atoms with van der Waals surface area (Å²) in [7, 11) is 0. The SMILES string of the molecule is CC1=[C-]C(C)C(C)=C1C.[Cl-].[Cl-].[Zr+2]=[C](c1ccccc1)c1ccccc1.c1ccc(-c2c[cH-]c3ccccc23)cc1. The van der Waals surface area contributed by atoms with Crippen LogP contribution in [0.15, 0.2) is 144 Å². The van der Waals surface area contributed by atoms with Crippen molar-refractivity contribution in [2.24, 2.45) is 5.92 Å². The molecule has 6 rings (SSSR count). The van der Waals surface area contributed by atoms with E-state index in [1.54, 1.807) is 0 Å². The van der Waals surface area contributed by atoms with Gasteiger partial charge < -0.3 is 24.8 Å².